The van der Waals surface area contributed by atoms with Crippen molar-refractivity contribution in [3.8, 4) is 0 Å². The SMILES string of the molecule is C=CC(C)CN(CC)CCO. The Morgan fingerprint density at radius 3 is 2.64 bits per heavy atom. The van der Waals surface area contributed by atoms with E-state index in [0.717, 1.165) is 19.6 Å². The summed E-state index contributed by atoms with van der Waals surface area (Å²) in [5.41, 5.74) is 0. The Morgan fingerprint density at radius 1 is 1.64 bits per heavy atom. The molecule has 0 aliphatic heterocycles. The van der Waals surface area contributed by atoms with Crippen LogP contribution >= 0.6 is 0 Å². The number of hydrogen-bond acceptors (Lipinski definition) is 2. The van der Waals surface area contributed by atoms with Gasteiger partial charge < -0.3 is 10.0 Å². The Morgan fingerprint density at radius 2 is 2.27 bits per heavy atom. The van der Waals surface area contributed by atoms with Gasteiger partial charge in [-0.3, -0.25) is 0 Å². The minimum Gasteiger partial charge on any atom is -0.395 e. The van der Waals surface area contributed by atoms with Crippen molar-refractivity contribution in [3.63, 3.8) is 0 Å². The summed E-state index contributed by atoms with van der Waals surface area (Å²) in [4.78, 5) is 2.21. The second-order valence-corrected chi connectivity index (χ2v) is 2.83. The highest BCUT2D eigenvalue weighted by Crippen LogP contribution is 1.99. The molecule has 66 valence electrons. The standard InChI is InChI=1S/C9H19NO/c1-4-9(3)8-10(5-2)6-7-11/h4,9,11H,1,5-8H2,2-3H3. The van der Waals surface area contributed by atoms with E-state index in [1.165, 1.54) is 0 Å². The number of aliphatic hydroxyl groups excluding tert-OH is 1. The van der Waals surface area contributed by atoms with E-state index >= 15 is 0 Å². The fourth-order valence-electron chi connectivity index (χ4n) is 1.00. The molecule has 0 aromatic heterocycles. The maximum absolute atomic E-state index is 8.69. The summed E-state index contributed by atoms with van der Waals surface area (Å²) in [6.07, 6.45) is 1.94. The third-order valence-corrected chi connectivity index (χ3v) is 1.81. The summed E-state index contributed by atoms with van der Waals surface area (Å²) >= 11 is 0. The molecule has 0 aliphatic rings. The zero-order valence-electron chi connectivity index (χ0n) is 7.58. The second kappa shape index (κ2) is 6.38. The molecule has 0 aliphatic carbocycles. The first-order chi connectivity index (χ1) is 5.24. The number of likely N-dealkylation sites (N-methyl/N-ethyl adjacent to an activating group) is 1. The second-order valence-electron chi connectivity index (χ2n) is 2.83. The van der Waals surface area contributed by atoms with Gasteiger partial charge in [0.2, 0.25) is 0 Å². The van der Waals surface area contributed by atoms with Gasteiger partial charge in [0.25, 0.3) is 0 Å². The predicted molar refractivity (Wildman–Crippen MR) is 48.6 cm³/mol. The Kier molecular flexibility index (Phi) is 6.18. The van der Waals surface area contributed by atoms with Crippen molar-refractivity contribution >= 4 is 0 Å². The van der Waals surface area contributed by atoms with Crippen LogP contribution in [0.5, 0.6) is 0 Å². The van der Waals surface area contributed by atoms with Crippen LogP contribution < -0.4 is 0 Å². The van der Waals surface area contributed by atoms with Crippen LogP contribution in [-0.2, 0) is 0 Å². The molecule has 0 bridgehead atoms. The molecular weight excluding hydrogens is 138 g/mol. The lowest BCUT2D eigenvalue weighted by molar-refractivity contribution is 0.192. The van der Waals surface area contributed by atoms with E-state index in [9.17, 15) is 0 Å². The van der Waals surface area contributed by atoms with Crippen molar-refractivity contribution in [2.75, 3.05) is 26.2 Å². The minimum absolute atomic E-state index is 0.248. The average Bonchev–Trinajstić information content (AvgIpc) is 2.03. The van der Waals surface area contributed by atoms with Crippen molar-refractivity contribution in [1.82, 2.24) is 4.90 Å². The van der Waals surface area contributed by atoms with Gasteiger partial charge in [-0.05, 0) is 12.5 Å². The molecule has 0 saturated carbocycles. The van der Waals surface area contributed by atoms with Crippen LogP contribution in [-0.4, -0.2) is 36.2 Å². The highest BCUT2D eigenvalue weighted by Gasteiger charge is 2.03. The summed E-state index contributed by atoms with van der Waals surface area (Å²) in [7, 11) is 0. The first-order valence-corrected chi connectivity index (χ1v) is 4.20. The molecule has 1 atom stereocenters. The molecule has 0 heterocycles. The monoisotopic (exact) mass is 157 g/mol. The molecule has 1 unspecified atom stereocenters. The predicted octanol–water partition coefficient (Wildman–Crippen LogP) is 1.12. The number of hydrogen-bond donors (Lipinski definition) is 1. The van der Waals surface area contributed by atoms with Crippen LogP contribution in [0.25, 0.3) is 0 Å². The molecule has 11 heavy (non-hydrogen) atoms. The zero-order chi connectivity index (χ0) is 8.69. The number of aliphatic hydroxyl groups is 1. The van der Waals surface area contributed by atoms with Crippen LogP contribution in [0.1, 0.15) is 13.8 Å². The van der Waals surface area contributed by atoms with E-state index in [1.54, 1.807) is 0 Å². The fourth-order valence-corrected chi connectivity index (χ4v) is 1.00. The Labute approximate surface area is 69.5 Å². The summed E-state index contributed by atoms with van der Waals surface area (Å²) < 4.78 is 0. The van der Waals surface area contributed by atoms with Gasteiger partial charge in [0, 0.05) is 13.1 Å². The fraction of sp³-hybridized carbons (Fsp3) is 0.778. The summed E-state index contributed by atoms with van der Waals surface area (Å²) in [5.74, 6) is 0.515. The maximum atomic E-state index is 8.69. The van der Waals surface area contributed by atoms with Crippen molar-refractivity contribution in [2.45, 2.75) is 13.8 Å². The van der Waals surface area contributed by atoms with Crippen LogP contribution in [0, 0.1) is 5.92 Å². The first kappa shape index (κ1) is 10.7. The lowest BCUT2D eigenvalue weighted by Crippen LogP contribution is -2.30. The van der Waals surface area contributed by atoms with Crippen LogP contribution in [0.2, 0.25) is 0 Å². The molecule has 0 rings (SSSR count). The Bertz CT molecular complexity index is 104. The normalized spacial score (nSPS) is 13.5. The third-order valence-electron chi connectivity index (χ3n) is 1.81. The summed E-state index contributed by atoms with van der Waals surface area (Å²) in [6.45, 7) is 11.0. The molecule has 0 spiro atoms. The molecule has 0 radical (unpaired) electrons. The highest BCUT2D eigenvalue weighted by atomic mass is 16.3. The molecule has 0 aromatic rings. The summed E-state index contributed by atoms with van der Waals surface area (Å²) in [6, 6.07) is 0. The molecule has 1 N–H and O–H groups in total. The van der Waals surface area contributed by atoms with Gasteiger partial charge in [-0.2, -0.15) is 0 Å². The average molecular weight is 157 g/mol. The largest absolute Gasteiger partial charge is 0.395 e. The van der Waals surface area contributed by atoms with Crippen LogP contribution in [0.15, 0.2) is 12.7 Å². The third kappa shape index (κ3) is 4.99. The van der Waals surface area contributed by atoms with Gasteiger partial charge in [-0.1, -0.05) is 19.9 Å². The van der Waals surface area contributed by atoms with Gasteiger partial charge in [0.15, 0.2) is 0 Å². The van der Waals surface area contributed by atoms with E-state index in [1.807, 2.05) is 6.08 Å². The molecule has 0 aromatic carbocycles. The van der Waals surface area contributed by atoms with E-state index in [4.69, 9.17) is 5.11 Å². The van der Waals surface area contributed by atoms with Crippen LogP contribution in [0.3, 0.4) is 0 Å². The van der Waals surface area contributed by atoms with E-state index in [-0.39, 0.29) is 6.61 Å². The molecule has 2 nitrogen and oxygen atoms in total. The number of rotatable bonds is 6. The van der Waals surface area contributed by atoms with E-state index in [0.29, 0.717) is 5.92 Å². The Balaban J connectivity index is 3.57. The van der Waals surface area contributed by atoms with Crippen molar-refractivity contribution in [2.24, 2.45) is 5.92 Å². The quantitative estimate of drug-likeness (QED) is 0.584. The molecule has 0 saturated heterocycles. The maximum Gasteiger partial charge on any atom is 0.0558 e. The van der Waals surface area contributed by atoms with Crippen LogP contribution in [0.4, 0.5) is 0 Å². The van der Waals surface area contributed by atoms with E-state index in [2.05, 4.69) is 25.3 Å². The van der Waals surface area contributed by atoms with Gasteiger partial charge in [0.05, 0.1) is 6.61 Å². The first-order valence-electron chi connectivity index (χ1n) is 4.20. The lowest BCUT2D eigenvalue weighted by Gasteiger charge is -2.21. The van der Waals surface area contributed by atoms with Crippen molar-refractivity contribution in [3.05, 3.63) is 12.7 Å². The topological polar surface area (TPSA) is 23.5 Å². The van der Waals surface area contributed by atoms with Crippen molar-refractivity contribution < 1.29 is 5.11 Å². The molecule has 2 heteroatoms. The highest BCUT2D eigenvalue weighted by molar-refractivity contribution is 4.77. The van der Waals surface area contributed by atoms with Gasteiger partial charge in [-0.15, -0.1) is 6.58 Å². The summed E-state index contributed by atoms with van der Waals surface area (Å²) in [5, 5.41) is 8.69. The number of nitrogens with zero attached hydrogens (tertiary/aromatic N) is 1. The van der Waals surface area contributed by atoms with Crippen molar-refractivity contribution in [1.29, 1.82) is 0 Å². The minimum atomic E-state index is 0.248. The smallest absolute Gasteiger partial charge is 0.0558 e. The molecule has 0 fully saturated rings. The van der Waals surface area contributed by atoms with Gasteiger partial charge in [-0.25, -0.2) is 0 Å². The zero-order valence-corrected chi connectivity index (χ0v) is 7.58. The molecule has 0 amide bonds. The van der Waals surface area contributed by atoms with Gasteiger partial charge >= 0.3 is 0 Å². The van der Waals surface area contributed by atoms with E-state index < -0.39 is 0 Å². The Hall–Kier alpha value is -0.340. The molecular formula is C9H19NO. The lowest BCUT2D eigenvalue weighted by atomic mass is 10.1. The van der Waals surface area contributed by atoms with Gasteiger partial charge in [0.1, 0.15) is 0 Å².